The number of aryl methyl sites for hydroxylation is 4. The number of nitrogens with zero attached hydrogens (tertiary/aromatic N) is 2. The predicted molar refractivity (Wildman–Crippen MR) is 212 cm³/mol. The zero-order chi connectivity index (χ0) is 34.6. The van der Waals surface area contributed by atoms with E-state index in [1.807, 2.05) is 0 Å². The van der Waals surface area contributed by atoms with Gasteiger partial charge in [0.2, 0.25) is 11.4 Å². The molecule has 0 N–H and O–H groups in total. The Morgan fingerprint density at radius 2 is 0.646 bits per heavy atom. The Balaban J connectivity index is 2.17. The van der Waals surface area contributed by atoms with Crippen LogP contribution >= 0.6 is 0 Å². The molecule has 0 amide bonds. The molecule has 0 aliphatic carbocycles. The first-order valence-electron chi connectivity index (χ1n) is 20.7. The van der Waals surface area contributed by atoms with Gasteiger partial charge in [0.25, 0.3) is 0 Å². The van der Waals surface area contributed by atoms with Crippen LogP contribution in [-0.4, -0.2) is 4.70 Å². The zero-order valence-corrected chi connectivity index (χ0v) is 32.3. The summed E-state index contributed by atoms with van der Waals surface area (Å²) in [5, 5.41) is 0. The first-order valence-corrected chi connectivity index (χ1v) is 20.7. The van der Waals surface area contributed by atoms with E-state index < -0.39 is 0 Å². The van der Waals surface area contributed by atoms with E-state index in [-0.39, 0.29) is 0 Å². The highest BCUT2D eigenvalue weighted by atomic mass is 15.2. The summed E-state index contributed by atoms with van der Waals surface area (Å²) < 4.78 is 1.67. The third kappa shape index (κ3) is 12.4. The average molecular weight is 653 g/mol. The zero-order valence-electron chi connectivity index (χ0n) is 32.3. The molecule has 0 unspecified atom stereocenters. The van der Waals surface area contributed by atoms with E-state index in [0.29, 0.717) is 0 Å². The third-order valence-corrected chi connectivity index (χ3v) is 10.3. The molecule has 1 heterocycles. The fourth-order valence-corrected chi connectivity index (χ4v) is 7.52. The lowest BCUT2D eigenvalue weighted by molar-refractivity contribution is -0.345. The Kier molecular flexibility index (Phi) is 19.2. The summed E-state index contributed by atoms with van der Waals surface area (Å²) >= 11 is 0. The summed E-state index contributed by atoms with van der Waals surface area (Å²) in [5.41, 5.74) is 25.7. The van der Waals surface area contributed by atoms with Crippen molar-refractivity contribution in [3.05, 3.63) is 86.5 Å². The van der Waals surface area contributed by atoms with Crippen molar-refractivity contribution >= 4 is 11.4 Å². The van der Waals surface area contributed by atoms with Crippen LogP contribution in [0.4, 0.5) is 0 Å². The van der Waals surface area contributed by atoms with E-state index in [0.717, 1.165) is 62.8 Å². The van der Waals surface area contributed by atoms with Crippen LogP contribution in [0, 0.1) is 0 Å². The van der Waals surface area contributed by atoms with Gasteiger partial charge < -0.3 is 5.53 Å². The maximum atomic E-state index is 12.5. The van der Waals surface area contributed by atoms with Gasteiger partial charge in [0, 0.05) is 22.3 Å². The van der Waals surface area contributed by atoms with Crippen molar-refractivity contribution in [1.82, 2.24) is 0 Å². The molecule has 0 aromatic heterocycles. The molecular formula is C46H72N2. The molecule has 48 heavy (non-hydrogen) atoms. The summed E-state index contributed by atoms with van der Waals surface area (Å²) in [4.78, 5) is 0. The Bertz CT molecular complexity index is 1310. The van der Waals surface area contributed by atoms with Crippen molar-refractivity contribution in [3.8, 4) is 0 Å². The number of hydrogen-bond donors (Lipinski definition) is 0. The smallest absolute Gasteiger partial charge is 0.211 e. The first kappa shape index (κ1) is 40.0. The second-order valence-corrected chi connectivity index (χ2v) is 14.8. The molecule has 2 nitrogen and oxygen atoms in total. The van der Waals surface area contributed by atoms with E-state index in [2.05, 4.69) is 77.9 Å². The molecule has 0 spiro atoms. The lowest BCUT2D eigenvalue weighted by atomic mass is 9.89. The maximum absolute atomic E-state index is 12.5. The van der Waals surface area contributed by atoms with Crippen molar-refractivity contribution in [2.24, 2.45) is 0 Å². The summed E-state index contributed by atoms with van der Waals surface area (Å²) in [6.07, 6.45) is 28.9. The van der Waals surface area contributed by atoms with Gasteiger partial charge in [-0.2, -0.15) is 0 Å². The third-order valence-electron chi connectivity index (χ3n) is 10.3. The number of rotatable bonds is 26. The minimum absolute atomic E-state index is 1.03. The number of hydrogen-bond acceptors (Lipinski definition) is 0. The highest BCUT2D eigenvalue weighted by Gasteiger charge is 2.35. The largest absolute Gasteiger partial charge is 0.493 e. The van der Waals surface area contributed by atoms with Gasteiger partial charge in [-0.05, 0) is 124 Å². The lowest BCUT2D eigenvalue weighted by Crippen LogP contribution is -2.05. The normalized spacial score (nSPS) is 13.4. The standard InChI is InChI=1S/C46H72N2/c1-7-13-19-22-27-39-31-37(25-16-10-4)33-41(35-39)45-43(29-18-12-6)44(30-24-21-15-9-3)46(48(45)47)42-34-38(26-17-11-5)32-40(36-42)28-23-20-14-8-2/h31-36H,7-30H2,1-6H3. The highest BCUT2D eigenvalue weighted by Crippen LogP contribution is 2.45. The average Bonchev–Trinajstić information content (AvgIpc) is 3.37. The highest BCUT2D eigenvalue weighted by molar-refractivity contribution is 5.82. The minimum Gasteiger partial charge on any atom is -0.493 e. The van der Waals surface area contributed by atoms with Gasteiger partial charge in [-0.3, -0.25) is 0 Å². The van der Waals surface area contributed by atoms with Crippen molar-refractivity contribution in [2.75, 3.05) is 0 Å². The molecule has 1 aliphatic heterocycles. The summed E-state index contributed by atoms with van der Waals surface area (Å²) in [5.74, 6) is 0. The molecule has 0 atom stereocenters. The Hall–Kier alpha value is -2.48. The van der Waals surface area contributed by atoms with Gasteiger partial charge in [0.05, 0.1) is 0 Å². The summed E-state index contributed by atoms with van der Waals surface area (Å²) in [7, 11) is 0. The van der Waals surface area contributed by atoms with Crippen LogP contribution in [0.1, 0.15) is 203 Å². The molecule has 2 heteroatoms. The number of unbranched alkanes of at least 4 members (excludes halogenated alkanes) is 12. The van der Waals surface area contributed by atoms with E-state index in [4.69, 9.17) is 0 Å². The van der Waals surface area contributed by atoms with Crippen LogP contribution in [-0.2, 0) is 25.7 Å². The second kappa shape index (κ2) is 23.0. The van der Waals surface area contributed by atoms with Gasteiger partial charge in [0.1, 0.15) is 0 Å². The van der Waals surface area contributed by atoms with E-state index in [9.17, 15) is 5.53 Å². The molecule has 266 valence electrons. The summed E-state index contributed by atoms with van der Waals surface area (Å²) in [6.45, 7) is 13.8. The Morgan fingerprint density at radius 3 is 1.00 bits per heavy atom. The number of allylic oxidation sites excluding steroid dienone is 2. The molecule has 0 saturated heterocycles. The molecule has 3 rings (SSSR count). The van der Waals surface area contributed by atoms with Crippen LogP contribution in [0.3, 0.4) is 0 Å². The fraction of sp³-hybridized carbons (Fsp3) is 0.652. The van der Waals surface area contributed by atoms with E-state index in [1.165, 1.54) is 147 Å². The summed E-state index contributed by atoms with van der Waals surface area (Å²) in [6, 6.07) is 14.6. The molecule has 0 saturated carbocycles. The number of benzene rings is 2. The topological polar surface area (TPSA) is 25.3 Å². The van der Waals surface area contributed by atoms with Gasteiger partial charge in [0.15, 0.2) is 0 Å². The lowest BCUT2D eigenvalue weighted by Gasteiger charge is -2.15. The quantitative estimate of drug-likeness (QED) is 0.0714. The van der Waals surface area contributed by atoms with Gasteiger partial charge in [-0.25, -0.2) is 4.70 Å². The fourth-order valence-electron chi connectivity index (χ4n) is 7.52. The Morgan fingerprint density at radius 1 is 0.354 bits per heavy atom. The minimum atomic E-state index is 1.03. The van der Waals surface area contributed by atoms with Gasteiger partial charge in [-0.1, -0.05) is 131 Å². The van der Waals surface area contributed by atoms with Crippen LogP contribution in [0.2, 0.25) is 0 Å². The maximum Gasteiger partial charge on any atom is 0.211 e. The molecule has 2 aromatic rings. The monoisotopic (exact) mass is 653 g/mol. The van der Waals surface area contributed by atoms with E-state index >= 15 is 0 Å². The molecule has 0 bridgehead atoms. The van der Waals surface area contributed by atoms with Crippen LogP contribution in [0.25, 0.3) is 16.9 Å². The molecule has 2 aromatic carbocycles. The van der Waals surface area contributed by atoms with Crippen molar-refractivity contribution in [2.45, 2.75) is 196 Å². The van der Waals surface area contributed by atoms with E-state index in [1.54, 1.807) is 4.70 Å². The SMILES string of the molecule is CCCCCCC1=C(c2cc(CCCC)cc(CCCCCC)c2)[N+](=[N-])C(c2cc(CCCC)cc(CCCCCC)c2)=C1CCCC. The first-order chi connectivity index (χ1) is 23.5. The molecule has 0 radical (unpaired) electrons. The van der Waals surface area contributed by atoms with Crippen LogP contribution in [0.5, 0.6) is 0 Å². The Labute approximate surface area is 297 Å². The van der Waals surface area contributed by atoms with Crippen LogP contribution in [0.15, 0.2) is 47.5 Å². The van der Waals surface area contributed by atoms with Crippen LogP contribution < -0.4 is 0 Å². The van der Waals surface area contributed by atoms with Crippen molar-refractivity contribution in [3.63, 3.8) is 0 Å². The molecular weight excluding hydrogens is 581 g/mol. The van der Waals surface area contributed by atoms with Crippen molar-refractivity contribution in [1.29, 1.82) is 0 Å². The molecule has 0 fully saturated rings. The second-order valence-electron chi connectivity index (χ2n) is 14.8. The predicted octanol–water partition coefficient (Wildman–Crippen LogP) is 14.9. The molecule has 1 aliphatic rings. The van der Waals surface area contributed by atoms with Gasteiger partial charge >= 0.3 is 0 Å². The van der Waals surface area contributed by atoms with Gasteiger partial charge in [-0.15, -0.1) is 0 Å². The van der Waals surface area contributed by atoms with Crippen molar-refractivity contribution < 1.29 is 4.70 Å².